The highest BCUT2D eigenvalue weighted by Gasteiger charge is 2.41. The Balaban J connectivity index is 2.39. The largest absolute Gasteiger partial charge is 0.396 e. The number of nitrogens with one attached hydrogen (secondary N) is 1. The van der Waals surface area contributed by atoms with Gasteiger partial charge in [-0.1, -0.05) is 13.8 Å². The van der Waals surface area contributed by atoms with E-state index in [1.54, 1.807) is 6.92 Å². The Morgan fingerprint density at radius 3 is 2.43 bits per heavy atom. The van der Waals surface area contributed by atoms with Crippen LogP contribution in [0.25, 0.3) is 0 Å². The predicted molar refractivity (Wildman–Crippen MR) is 85.4 cm³/mol. The molecule has 0 saturated heterocycles. The second-order valence-corrected chi connectivity index (χ2v) is 8.71. The molecule has 1 aliphatic carbocycles. The van der Waals surface area contributed by atoms with E-state index in [1.165, 1.54) is 0 Å². The first-order chi connectivity index (χ1) is 9.76. The van der Waals surface area contributed by atoms with E-state index in [9.17, 15) is 13.2 Å². The van der Waals surface area contributed by atoms with Gasteiger partial charge in [-0.05, 0) is 24.7 Å². The van der Waals surface area contributed by atoms with Gasteiger partial charge in [0.1, 0.15) is 14.8 Å². The van der Waals surface area contributed by atoms with Crippen LogP contribution in [0.4, 0.5) is 10.7 Å². The minimum Gasteiger partial charge on any atom is -0.396 e. The SMILES string of the molecule is CCC1(CNc2sc(C(N)=O)c(N)c2S(=O)(=O)CC)CC1. The molecule has 0 aromatic carbocycles. The molecule has 0 bridgehead atoms. The van der Waals surface area contributed by atoms with Gasteiger partial charge in [0.05, 0.1) is 11.4 Å². The molecule has 118 valence electrons. The first-order valence-corrected chi connectivity index (χ1v) is 9.42. The molecule has 1 aromatic rings. The van der Waals surface area contributed by atoms with Gasteiger partial charge in [-0.15, -0.1) is 11.3 Å². The maximum atomic E-state index is 12.2. The van der Waals surface area contributed by atoms with Crippen LogP contribution in [0.2, 0.25) is 0 Å². The lowest BCUT2D eigenvalue weighted by Crippen LogP contribution is -2.16. The van der Waals surface area contributed by atoms with Crippen molar-refractivity contribution in [3.8, 4) is 0 Å². The standard InChI is InChI=1S/C13H21N3O3S2/c1-3-13(5-6-13)7-16-12-10(21(18,19)4-2)8(14)9(20-12)11(15)17/h16H,3-7,14H2,1-2H3,(H2,15,17). The average molecular weight is 331 g/mol. The number of primary amides is 1. The van der Waals surface area contributed by atoms with E-state index in [4.69, 9.17) is 11.5 Å². The van der Waals surface area contributed by atoms with Gasteiger partial charge in [-0.25, -0.2) is 8.42 Å². The first-order valence-electron chi connectivity index (χ1n) is 6.95. The maximum Gasteiger partial charge on any atom is 0.261 e. The first kappa shape index (κ1) is 16.1. The van der Waals surface area contributed by atoms with Gasteiger partial charge in [0.2, 0.25) is 0 Å². The van der Waals surface area contributed by atoms with Crippen LogP contribution in [-0.4, -0.2) is 26.6 Å². The average Bonchev–Trinajstić information content (AvgIpc) is 3.13. The topological polar surface area (TPSA) is 115 Å². The third kappa shape index (κ3) is 3.01. The van der Waals surface area contributed by atoms with Crippen LogP contribution in [0.15, 0.2) is 4.90 Å². The smallest absolute Gasteiger partial charge is 0.261 e. The molecule has 6 nitrogen and oxygen atoms in total. The van der Waals surface area contributed by atoms with Crippen LogP contribution >= 0.6 is 11.3 Å². The van der Waals surface area contributed by atoms with Crippen molar-refractivity contribution in [2.24, 2.45) is 11.1 Å². The summed E-state index contributed by atoms with van der Waals surface area (Å²) in [4.78, 5) is 11.5. The van der Waals surface area contributed by atoms with E-state index in [0.717, 1.165) is 30.6 Å². The van der Waals surface area contributed by atoms with Gasteiger partial charge >= 0.3 is 0 Å². The van der Waals surface area contributed by atoms with Crippen molar-refractivity contribution in [1.82, 2.24) is 0 Å². The van der Waals surface area contributed by atoms with Crippen LogP contribution < -0.4 is 16.8 Å². The number of nitrogen functional groups attached to an aromatic ring is 1. The van der Waals surface area contributed by atoms with Crippen LogP contribution in [0.5, 0.6) is 0 Å². The van der Waals surface area contributed by atoms with Gasteiger partial charge in [0.15, 0.2) is 9.84 Å². The summed E-state index contributed by atoms with van der Waals surface area (Å²) >= 11 is 1.03. The molecule has 0 spiro atoms. The molecule has 0 unspecified atom stereocenters. The van der Waals surface area contributed by atoms with E-state index in [1.807, 2.05) is 0 Å². The molecule has 0 aliphatic heterocycles. The zero-order valence-corrected chi connectivity index (χ0v) is 13.9. The molecule has 0 atom stereocenters. The third-order valence-corrected chi connectivity index (χ3v) is 7.26. The van der Waals surface area contributed by atoms with E-state index < -0.39 is 15.7 Å². The molecule has 2 rings (SSSR count). The monoisotopic (exact) mass is 331 g/mol. The molecular formula is C13H21N3O3S2. The van der Waals surface area contributed by atoms with E-state index in [2.05, 4.69) is 12.2 Å². The number of rotatable bonds is 7. The number of thiophene rings is 1. The number of amides is 1. The molecule has 1 amide bonds. The maximum absolute atomic E-state index is 12.2. The number of hydrogen-bond donors (Lipinski definition) is 3. The molecule has 1 heterocycles. The number of carbonyl (C=O) groups is 1. The molecule has 1 aliphatic rings. The summed E-state index contributed by atoms with van der Waals surface area (Å²) in [5, 5.41) is 3.61. The van der Waals surface area contributed by atoms with Gasteiger partial charge in [0.25, 0.3) is 5.91 Å². The number of anilines is 2. The molecule has 0 radical (unpaired) electrons. The highest BCUT2D eigenvalue weighted by Crippen LogP contribution is 2.49. The zero-order valence-electron chi connectivity index (χ0n) is 12.2. The van der Waals surface area contributed by atoms with Gasteiger partial charge in [0, 0.05) is 6.54 Å². The fourth-order valence-corrected chi connectivity index (χ4v) is 4.80. The lowest BCUT2D eigenvalue weighted by atomic mass is 10.0. The Morgan fingerprint density at radius 1 is 1.38 bits per heavy atom. The minimum absolute atomic E-state index is 0.0238. The van der Waals surface area contributed by atoms with Gasteiger partial charge < -0.3 is 16.8 Å². The zero-order chi connectivity index (χ0) is 15.8. The van der Waals surface area contributed by atoms with Crippen LogP contribution in [-0.2, 0) is 9.84 Å². The lowest BCUT2D eigenvalue weighted by Gasteiger charge is -2.14. The third-order valence-electron chi connectivity index (χ3n) is 4.15. The van der Waals surface area contributed by atoms with Crippen LogP contribution in [0.1, 0.15) is 42.8 Å². The molecule has 21 heavy (non-hydrogen) atoms. The number of carbonyl (C=O) groups excluding carboxylic acids is 1. The summed E-state index contributed by atoms with van der Waals surface area (Å²) in [6, 6.07) is 0. The lowest BCUT2D eigenvalue weighted by molar-refractivity contribution is 0.100. The van der Waals surface area contributed by atoms with Crippen LogP contribution in [0, 0.1) is 5.41 Å². The predicted octanol–water partition coefficient (Wildman–Crippen LogP) is 1.82. The van der Waals surface area contributed by atoms with Crippen molar-refractivity contribution < 1.29 is 13.2 Å². The summed E-state index contributed by atoms with van der Waals surface area (Å²) in [5.41, 5.74) is 11.3. The quantitative estimate of drug-likeness (QED) is 0.705. The van der Waals surface area contributed by atoms with Crippen molar-refractivity contribution in [3.63, 3.8) is 0 Å². The van der Waals surface area contributed by atoms with E-state index >= 15 is 0 Å². The summed E-state index contributed by atoms with van der Waals surface area (Å²) in [6.07, 6.45) is 3.31. The van der Waals surface area contributed by atoms with Crippen LogP contribution in [0.3, 0.4) is 0 Å². The van der Waals surface area contributed by atoms with Crippen molar-refractivity contribution >= 4 is 37.8 Å². The van der Waals surface area contributed by atoms with Crippen molar-refractivity contribution in [1.29, 1.82) is 0 Å². The Labute approximate surface area is 128 Å². The number of sulfone groups is 1. The molecule has 1 saturated carbocycles. The number of hydrogen-bond acceptors (Lipinski definition) is 6. The van der Waals surface area contributed by atoms with Crippen molar-refractivity contribution in [2.45, 2.75) is 38.0 Å². The molecular weight excluding hydrogens is 310 g/mol. The fourth-order valence-electron chi connectivity index (χ4n) is 2.28. The van der Waals surface area contributed by atoms with Crippen molar-refractivity contribution in [3.05, 3.63) is 4.88 Å². The molecule has 5 N–H and O–H groups in total. The van der Waals surface area contributed by atoms with Gasteiger partial charge in [-0.2, -0.15) is 0 Å². The molecule has 8 heteroatoms. The Morgan fingerprint density at radius 2 is 2.00 bits per heavy atom. The summed E-state index contributed by atoms with van der Waals surface area (Å²) in [7, 11) is -3.51. The summed E-state index contributed by atoms with van der Waals surface area (Å²) < 4.78 is 24.4. The normalized spacial score (nSPS) is 16.7. The van der Waals surface area contributed by atoms with E-state index in [-0.39, 0.29) is 26.6 Å². The van der Waals surface area contributed by atoms with Crippen molar-refractivity contribution in [2.75, 3.05) is 23.3 Å². The molecule has 1 fully saturated rings. The van der Waals surface area contributed by atoms with Gasteiger partial charge in [-0.3, -0.25) is 4.79 Å². The summed E-state index contributed by atoms with van der Waals surface area (Å²) in [6.45, 7) is 4.36. The Hall–Kier alpha value is -1.28. The highest BCUT2D eigenvalue weighted by atomic mass is 32.2. The highest BCUT2D eigenvalue weighted by molar-refractivity contribution is 7.91. The Kier molecular flexibility index (Phi) is 4.21. The Bertz CT molecular complexity index is 660. The minimum atomic E-state index is -3.51. The number of nitrogens with two attached hydrogens (primary N) is 2. The molecule has 1 aromatic heterocycles. The second kappa shape index (κ2) is 5.49. The fraction of sp³-hybridized carbons (Fsp3) is 0.615. The second-order valence-electron chi connectivity index (χ2n) is 5.48. The summed E-state index contributed by atoms with van der Waals surface area (Å²) in [5.74, 6) is -0.769. The van der Waals surface area contributed by atoms with E-state index in [0.29, 0.717) is 11.5 Å².